The van der Waals surface area contributed by atoms with E-state index in [0.29, 0.717) is 13.0 Å². The summed E-state index contributed by atoms with van der Waals surface area (Å²) in [5, 5.41) is 0. The highest BCUT2D eigenvalue weighted by atomic mass is 79.9. The first kappa shape index (κ1) is 14.7. The van der Waals surface area contributed by atoms with Gasteiger partial charge in [-0.1, -0.05) is 44.0 Å². The van der Waals surface area contributed by atoms with Gasteiger partial charge in [0, 0.05) is 14.9 Å². The maximum absolute atomic E-state index is 13.3. The third-order valence-corrected chi connectivity index (χ3v) is 4.35. The van der Waals surface area contributed by atoms with Crippen molar-refractivity contribution < 1.29 is 4.39 Å². The fraction of sp³-hybridized carbons (Fsp3) is 0.200. The zero-order valence-corrected chi connectivity index (χ0v) is 13.4. The van der Waals surface area contributed by atoms with Crippen LogP contribution in [0.15, 0.2) is 51.4 Å². The molecule has 0 aliphatic carbocycles. The molecule has 0 saturated carbocycles. The molecule has 0 bridgehead atoms. The second-order valence-corrected chi connectivity index (χ2v) is 6.20. The van der Waals surface area contributed by atoms with Crippen molar-refractivity contribution >= 4 is 31.9 Å². The van der Waals surface area contributed by atoms with E-state index in [1.165, 1.54) is 6.07 Å². The standard InChI is InChI=1S/C15H14Br2FN/c16-13-3-1-2-10(7-13)12(9-19)6-11-8-14(18)4-5-15(11)17/h1-5,7-8,12H,6,9,19H2. The summed E-state index contributed by atoms with van der Waals surface area (Å²) >= 11 is 6.92. The molecular weight excluding hydrogens is 373 g/mol. The van der Waals surface area contributed by atoms with Gasteiger partial charge in [-0.05, 0) is 54.4 Å². The number of nitrogens with two attached hydrogens (primary N) is 1. The Morgan fingerprint density at radius 1 is 1.11 bits per heavy atom. The lowest BCUT2D eigenvalue weighted by Crippen LogP contribution is -2.15. The van der Waals surface area contributed by atoms with Gasteiger partial charge in [0.1, 0.15) is 5.82 Å². The molecule has 100 valence electrons. The quantitative estimate of drug-likeness (QED) is 0.813. The topological polar surface area (TPSA) is 26.0 Å². The van der Waals surface area contributed by atoms with Gasteiger partial charge in [0.15, 0.2) is 0 Å². The molecule has 0 aromatic heterocycles. The molecule has 0 fully saturated rings. The highest BCUT2D eigenvalue weighted by Gasteiger charge is 2.13. The number of hydrogen-bond donors (Lipinski definition) is 1. The van der Waals surface area contributed by atoms with Crippen molar-refractivity contribution in [1.29, 1.82) is 0 Å². The average Bonchev–Trinajstić information content (AvgIpc) is 2.39. The summed E-state index contributed by atoms with van der Waals surface area (Å²) < 4.78 is 15.3. The Hall–Kier alpha value is -0.710. The summed E-state index contributed by atoms with van der Waals surface area (Å²) in [5.74, 6) is -0.0428. The van der Waals surface area contributed by atoms with Crippen molar-refractivity contribution in [1.82, 2.24) is 0 Å². The van der Waals surface area contributed by atoms with Gasteiger partial charge in [-0.3, -0.25) is 0 Å². The van der Waals surface area contributed by atoms with Gasteiger partial charge in [0.25, 0.3) is 0 Å². The molecule has 0 amide bonds. The molecule has 0 aliphatic rings. The van der Waals surface area contributed by atoms with Crippen LogP contribution in [0, 0.1) is 5.82 Å². The predicted molar refractivity (Wildman–Crippen MR) is 83.7 cm³/mol. The molecular formula is C15H14Br2FN. The maximum Gasteiger partial charge on any atom is 0.123 e. The number of halogens is 3. The van der Waals surface area contributed by atoms with Gasteiger partial charge >= 0.3 is 0 Å². The Morgan fingerprint density at radius 3 is 2.58 bits per heavy atom. The van der Waals surface area contributed by atoms with E-state index >= 15 is 0 Å². The van der Waals surface area contributed by atoms with Gasteiger partial charge in [0.05, 0.1) is 0 Å². The highest BCUT2D eigenvalue weighted by molar-refractivity contribution is 9.10. The van der Waals surface area contributed by atoms with Crippen LogP contribution >= 0.6 is 31.9 Å². The van der Waals surface area contributed by atoms with Crippen molar-refractivity contribution in [2.24, 2.45) is 5.73 Å². The van der Waals surface area contributed by atoms with Crippen molar-refractivity contribution in [3.05, 3.63) is 68.4 Å². The summed E-state index contributed by atoms with van der Waals surface area (Å²) in [5.41, 5.74) is 7.97. The molecule has 1 nitrogen and oxygen atoms in total. The number of rotatable bonds is 4. The van der Waals surface area contributed by atoms with E-state index in [-0.39, 0.29) is 11.7 Å². The first-order chi connectivity index (χ1) is 9.10. The highest BCUT2D eigenvalue weighted by Crippen LogP contribution is 2.27. The van der Waals surface area contributed by atoms with Crippen molar-refractivity contribution in [3.8, 4) is 0 Å². The van der Waals surface area contributed by atoms with Crippen LogP contribution in [0.1, 0.15) is 17.0 Å². The molecule has 0 aliphatic heterocycles. The number of hydrogen-bond acceptors (Lipinski definition) is 1. The SMILES string of the molecule is NCC(Cc1cc(F)ccc1Br)c1cccc(Br)c1. The van der Waals surface area contributed by atoms with E-state index < -0.39 is 0 Å². The fourth-order valence-corrected chi connectivity index (χ4v) is 2.89. The van der Waals surface area contributed by atoms with E-state index in [4.69, 9.17) is 5.73 Å². The third kappa shape index (κ3) is 3.88. The van der Waals surface area contributed by atoms with Gasteiger partial charge in [-0.2, -0.15) is 0 Å². The minimum absolute atomic E-state index is 0.176. The second-order valence-electron chi connectivity index (χ2n) is 4.43. The molecule has 2 aromatic rings. The fourth-order valence-electron chi connectivity index (χ4n) is 2.06. The second kappa shape index (κ2) is 6.64. The maximum atomic E-state index is 13.3. The van der Waals surface area contributed by atoms with Gasteiger partial charge in [0.2, 0.25) is 0 Å². The molecule has 1 atom stereocenters. The Morgan fingerprint density at radius 2 is 1.89 bits per heavy atom. The summed E-state index contributed by atoms with van der Waals surface area (Å²) in [6.45, 7) is 0.527. The van der Waals surface area contributed by atoms with E-state index in [1.807, 2.05) is 12.1 Å². The van der Waals surface area contributed by atoms with Crippen molar-refractivity contribution in [3.63, 3.8) is 0 Å². The molecule has 0 saturated heterocycles. The van der Waals surface area contributed by atoms with Gasteiger partial charge < -0.3 is 5.73 Å². The molecule has 0 heterocycles. The average molecular weight is 387 g/mol. The summed E-state index contributed by atoms with van der Waals surface area (Å²) in [4.78, 5) is 0. The minimum atomic E-state index is -0.219. The molecule has 2 aromatic carbocycles. The summed E-state index contributed by atoms with van der Waals surface area (Å²) in [6.07, 6.45) is 0.714. The predicted octanol–water partition coefficient (Wildman–Crippen LogP) is 4.64. The normalized spacial score (nSPS) is 12.4. The first-order valence-electron chi connectivity index (χ1n) is 5.99. The van der Waals surface area contributed by atoms with Gasteiger partial charge in [-0.25, -0.2) is 4.39 Å². The Balaban J connectivity index is 2.26. The summed E-state index contributed by atoms with van der Waals surface area (Å²) in [6, 6.07) is 12.8. The van der Waals surface area contributed by atoms with E-state index in [9.17, 15) is 4.39 Å². The van der Waals surface area contributed by atoms with E-state index in [1.54, 1.807) is 12.1 Å². The smallest absolute Gasteiger partial charge is 0.123 e. The van der Waals surface area contributed by atoms with Crippen LogP contribution in [0.2, 0.25) is 0 Å². The van der Waals surface area contributed by atoms with Crippen molar-refractivity contribution in [2.75, 3.05) is 6.54 Å². The molecule has 0 spiro atoms. The molecule has 0 radical (unpaired) electrons. The lowest BCUT2D eigenvalue weighted by Gasteiger charge is -2.16. The zero-order chi connectivity index (χ0) is 13.8. The van der Waals surface area contributed by atoms with Crippen LogP contribution in [-0.4, -0.2) is 6.54 Å². The van der Waals surface area contributed by atoms with E-state index in [0.717, 1.165) is 20.1 Å². The van der Waals surface area contributed by atoms with Crippen LogP contribution in [0.4, 0.5) is 4.39 Å². The van der Waals surface area contributed by atoms with Crippen molar-refractivity contribution in [2.45, 2.75) is 12.3 Å². The van der Waals surface area contributed by atoms with Crippen LogP contribution in [0.3, 0.4) is 0 Å². The minimum Gasteiger partial charge on any atom is -0.330 e. The number of benzene rings is 2. The van der Waals surface area contributed by atoms with Crippen LogP contribution in [0.25, 0.3) is 0 Å². The Labute approximate surface area is 129 Å². The summed E-state index contributed by atoms with van der Waals surface area (Å²) in [7, 11) is 0. The van der Waals surface area contributed by atoms with Crippen LogP contribution < -0.4 is 5.73 Å². The lowest BCUT2D eigenvalue weighted by molar-refractivity contribution is 0.620. The third-order valence-electron chi connectivity index (χ3n) is 3.08. The molecule has 19 heavy (non-hydrogen) atoms. The lowest BCUT2D eigenvalue weighted by atomic mass is 9.92. The van der Waals surface area contributed by atoms with E-state index in [2.05, 4.69) is 44.0 Å². The van der Waals surface area contributed by atoms with Gasteiger partial charge in [-0.15, -0.1) is 0 Å². The Kier molecular flexibility index (Phi) is 5.13. The largest absolute Gasteiger partial charge is 0.330 e. The molecule has 2 N–H and O–H groups in total. The first-order valence-corrected chi connectivity index (χ1v) is 7.58. The molecule has 2 rings (SSSR count). The van der Waals surface area contributed by atoms with Crippen LogP contribution in [0.5, 0.6) is 0 Å². The monoisotopic (exact) mass is 385 g/mol. The molecule has 1 unspecified atom stereocenters. The van der Waals surface area contributed by atoms with Crippen LogP contribution in [-0.2, 0) is 6.42 Å². The molecule has 4 heteroatoms. The zero-order valence-electron chi connectivity index (χ0n) is 10.2. The Bertz CT molecular complexity index is 572.